The summed E-state index contributed by atoms with van der Waals surface area (Å²) in [6.45, 7) is 12.8. The molecule has 0 amide bonds. The zero-order valence-electron chi connectivity index (χ0n) is 18.1. The van der Waals surface area contributed by atoms with E-state index in [0.29, 0.717) is 35.1 Å². The smallest absolute Gasteiger partial charge is 0.219 e. The highest BCUT2D eigenvalue weighted by molar-refractivity contribution is 6.31. The van der Waals surface area contributed by atoms with Crippen molar-refractivity contribution >= 4 is 17.3 Å². The normalized spacial score (nSPS) is 24.5. The first-order chi connectivity index (χ1) is 15.0. The third-order valence-electron chi connectivity index (χ3n) is 6.01. The molecular formula is C24H29ClN4O2. The maximum Gasteiger partial charge on any atom is 0.219 e. The molecule has 31 heavy (non-hydrogen) atoms. The van der Waals surface area contributed by atoms with E-state index in [1.807, 2.05) is 13.0 Å². The molecule has 3 fully saturated rings. The van der Waals surface area contributed by atoms with Gasteiger partial charge in [-0.15, -0.1) is 0 Å². The van der Waals surface area contributed by atoms with Crippen LogP contribution in [0.25, 0.3) is 4.85 Å². The Hall–Kier alpha value is -2.20. The summed E-state index contributed by atoms with van der Waals surface area (Å²) in [7, 11) is 0. The van der Waals surface area contributed by atoms with E-state index in [1.54, 1.807) is 18.5 Å². The lowest BCUT2D eigenvalue weighted by molar-refractivity contribution is -0.0134. The van der Waals surface area contributed by atoms with E-state index >= 15 is 0 Å². The van der Waals surface area contributed by atoms with Gasteiger partial charge in [0.1, 0.15) is 12.4 Å². The third kappa shape index (κ3) is 5.94. The molecular weight excluding hydrogens is 412 g/mol. The number of aromatic nitrogens is 2. The largest absolute Gasteiger partial charge is 0.474 e. The monoisotopic (exact) mass is 440 g/mol. The fourth-order valence-electron chi connectivity index (χ4n) is 3.90. The Kier molecular flexibility index (Phi) is 7.06. The first-order valence-corrected chi connectivity index (χ1v) is 11.4. The molecule has 1 aliphatic carbocycles. The van der Waals surface area contributed by atoms with Crippen molar-refractivity contribution in [2.24, 2.45) is 5.92 Å². The lowest BCUT2D eigenvalue weighted by Crippen LogP contribution is -2.56. The molecule has 2 bridgehead atoms. The minimum Gasteiger partial charge on any atom is -0.474 e. The number of ether oxygens (including phenoxy) is 2. The van der Waals surface area contributed by atoms with Gasteiger partial charge in [-0.05, 0) is 24.5 Å². The maximum absolute atomic E-state index is 7.08. The zero-order chi connectivity index (χ0) is 21.8. The average molecular weight is 441 g/mol. The van der Waals surface area contributed by atoms with Gasteiger partial charge in [-0.25, -0.2) is 14.8 Å². The molecule has 3 heterocycles. The molecule has 2 aromatic rings. The van der Waals surface area contributed by atoms with Crippen LogP contribution in [-0.4, -0.2) is 41.4 Å². The van der Waals surface area contributed by atoms with Gasteiger partial charge in [0.05, 0.1) is 25.5 Å². The third-order valence-corrected chi connectivity index (χ3v) is 6.37. The van der Waals surface area contributed by atoms with Crippen LogP contribution >= 0.6 is 11.6 Å². The number of hydrogen-bond acceptors (Lipinski definition) is 5. The van der Waals surface area contributed by atoms with Crippen molar-refractivity contribution in [3.63, 3.8) is 0 Å². The van der Waals surface area contributed by atoms with Gasteiger partial charge >= 0.3 is 0 Å². The Morgan fingerprint density at radius 1 is 1.23 bits per heavy atom. The standard InChI is InChI=1S/C20H21ClN4O2.C4H8/c1-12-19(5-13-3-4-14(22-2)8-18(13)21)23-11-24-20(12)27-17-6-15-9-26-10-16(7-17)25-15;1-4-2-3-4/h3-4,8,11,15-17,25H,5-7,9-10H2,1H3;4H,2-3H2,1H3. The summed E-state index contributed by atoms with van der Waals surface area (Å²) < 4.78 is 11.8. The summed E-state index contributed by atoms with van der Waals surface area (Å²) in [6.07, 6.45) is 7.06. The molecule has 0 radical (unpaired) electrons. The number of morpholine rings is 1. The SMILES string of the molecule is CC1CC1.[C-]#[N+]c1ccc(Cc2ncnc(OC3CC4COCC(C3)N4)c2C)c(Cl)c1. The van der Waals surface area contributed by atoms with Crippen LogP contribution in [0.2, 0.25) is 5.02 Å². The molecule has 1 aromatic carbocycles. The topological polar surface area (TPSA) is 60.6 Å². The van der Waals surface area contributed by atoms with E-state index in [-0.39, 0.29) is 6.10 Å². The predicted octanol–water partition coefficient (Wildman–Crippen LogP) is 4.89. The lowest BCUT2D eigenvalue weighted by atomic mass is 9.94. The van der Waals surface area contributed by atoms with Gasteiger partial charge in [0.15, 0.2) is 5.69 Å². The molecule has 1 aromatic heterocycles. The molecule has 5 rings (SSSR count). The van der Waals surface area contributed by atoms with Crippen molar-refractivity contribution in [3.05, 3.63) is 57.8 Å². The molecule has 2 unspecified atom stereocenters. The number of nitrogens with one attached hydrogen (secondary N) is 1. The second-order valence-electron chi connectivity index (χ2n) is 8.81. The van der Waals surface area contributed by atoms with Crippen molar-refractivity contribution in [1.82, 2.24) is 15.3 Å². The first kappa shape index (κ1) is 22.0. The molecule has 1 N–H and O–H groups in total. The first-order valence-electron chi connectivity index (χ1n) is 11.0. The number of piperidine rings is 1. The van der Waals surface area contributed by atoms with Gasteiger partial charge in [-0.1, -0.05) is 43.5 Å². The van der Waals surface area contributed by atoms with Crippen molar-refractivity contribution in [1.29, 1.82) is 0 Å². The van der Waals surface area contributed by atoms with Crippen molar-refractivity contribution < 1.29 is 9.47 Å². The summed E-state index contributed by atoms with van der Waals surface area (Å²) in [5.41, 5.74) is 3.29. The van der Waals surface area contributed by atoms with Crippen LogP contribution in [0.1, 0.15) is 49.4 Å². The zero-order valence-corrected chi connectivity index (χ0v) is 18.9. The number of rotatable bonds is 4. The van der Waals surface area contributed by atoms with Crippen LogP contribution in [0.3, 0.4) is 0 Å². The van der Waals surface area contributed by atoms with E-state index in [2.05, 4.69) is 27.1 Å². The Morgan fingerprint density at radius 3 is 2.55 bits per heavy atom. The Bertz CT molecular complexity index is 945. The predicted molar refractivity (Wildman–Crippen MR) is 121 cm³/mol. The van der Waals surface area contributed by atoms with Crippen LogP contribution in [0, 0.1) is 19.4 Å². The summed E-state index contributed by atoms with van der Waals surface area (Å²) in [6, 6.07) is 6.05. The maximum atomic E-state index is 7.08. The number of halogens is 1. The second-order valence-corrected chi connectivity index (χ2v) is 9.21. The number of nitrogens with zero attached hydrogens (tertiary/aromatic N) is 3. The lowest BCUT2D eigenvalue weighted by Gasteiger charge is -2.39. The van der Waals surface area contributed by atoms with Gasteiger partial charge in [-0.3, -0.25) is 0 Å². The Morgan fingerprint density at radius 2 is 1.94 bits per heavy atom. The summed E-state index contributed by atoms with van der Waals surface area (Å²) in [4.78, 5) is 12.2. The molecule has 3 aliphatic rings. The molecule has 1 saturated carbocycles. The molecule has 7 heteroatoms. The minimum absolute atomic E-state index is 0.133. The average Bonchev–Trinajstić information content (AvgIpc) is 3.54. The fraction of sp³-hybridized carbons (Fsp3) is 0.542. The quantitative estimate of drug-likeness (QED) is 0.685. The molecule has 6 nitrogen and oxygen atoms in total. The second kappa shape index (κ2) is 9.95. The van der Waals surface area contributed by atoms with Gasteiger partial charge in [-0.2, -0.15) is 0 Å². The Labute approximate surface area is 189 Å². The van der Waals surface area contributed by atoms with Crippen molar-refractivity contribution in [2.45, 2.75) is 64.1 Å². The Balaban J connectivity index is 0.000000520. The van der Waals surface area contributed by atoms with Gasteiger partial charge < -0.3 is 14.8 Å². The highest BCUT2D eigenvalue weighted by atomic mass is 35.5. The van der Waals surface area contributed by atoms with Crippen LogP contribution < -0.4 is 10.1 Å². The van der Waals surface area contributed by atoms with E-state index in [1.165, 1.54) is 12.8 Å². The summed E-state index contributed by atoms with van der Waals surface area (Å²) in [5.74, 6) is 1.72. The van der Waals surface area contributed by atoms with Gasteiger partial charge in [0.2, 0.25) is 5.88 Å². The summed E-state index contributed by atoms with van der Waals surface area (Å²) >= 11 is 6.32. The van der Waals surface area contributed by atoms with Crippen molar-refractivity contribution in [3.8, 4) is 5.88 Å². The number of fused-ring (bicyclic) bond motifs is 2. The highest BCUT2D eigenvalue weighted by Crippen LogP contribution is 2.29. The molecule has 2 saturated heterocycles. The van der Waals surface area contributed by atoms with Gasteiger partial charge in [0.25, 0.3) is 0 Å². The molecule has 0 spiro atoms. The van der Waals surface area contributed by atoms with Crippen LogP contribution in [0.15, 0.2) is 24.5 Å². The van der Waals surface area contributed by atoms with E-state index in [4.69, 9.17) is 27.6 Å². The van der Waals surface area contributed by atoms with Crippen LogP contribution in [0.4, 0.5) is 5.69 Å². The minimum atomic E-state index is 0.133. The fourth-order valence-corrected chi connectivity index (χ4v) is 4.14. The van der Waals surface area contributed by atoms with Gasteiger partial charge in [0, 0.05) is 41.9 Å². The summed E-state index contributed by atoms with van der Waals surface area (Å²) in [5, 5.41) is 4.15. The number of hydrogen-bond donors (Lipinski definition) is 1. The van der Waals surface area contributed by atoms with Crippen LogP contribution in [-0.2, 0) is 11.2 Å². The van der Waals surface area contributed by atoms with E-state index in [0.717, 1.165) is 48.8 Å². The highest BCUT2D eigenvalue weighted by Gasteiger charge is 2.33. The van der Waals surface area contributed by atoms with E-state index in [9.17, 15) is 0 Å². The molecule has 164 valence electrons. The van der Waals surface area contributed by atoms with Crippen molar-refractivity contribution in [2.75, 3.05) is 13.2 Å². The number of benzene rings is 1. The molecule has 2 atom stereocenters. The van der Waals surface area contributed by atoms with Crippen LogP contribution in [0.5, 0.6) is 5.88 Å². The molecule has 2 aliphatic heterocycles. The van der Waals surface area contributed by atoms with E-state index < -0.39 is 0 Å².